The first-order valence-electron chi connectivity index (χ1n) is 6.27. The van der Waals surface area contributed by atoms with Gasteiger partial charge in [-0.3, -0.25) is 0 Å². The van der Waals surface area contributed by atoms with Gasteiger partial charge in [-0.05, 0) is 24.5 Å². The fourth-order valence-electron chi connectivity index (χ4n) is 2.64. The SMILES string of the molecule is NCc1cn(CC2CCCO2)c2ccccc12. The van der Waals surface area contributed by atoms with Crippen molar-refractivity contribution in [1.29, 1.82) is 0 Å². The van der Waals surface area contributed by atoms with E-state index in [1.165, 1.54) is 29.3 Å². The summed E-state index contributed by atoms with van der Waals surface area (Å²) in [6.07, 6.45) is 4.90. The zero-order valence-corrected chi connectivity index (χ0v) is 9.93. The van der Waals surface area contributed by atoms with Crippen molar-refractivity contribution in [1.82, 2.24) is 4.57 Å². The highest BCUT2D eigenvalue weighted by Crippen LogP contribution is 2.23. The molecule has 3 heteroatoms. The molecule has 0 radical (unpaired) electrons. The molecule has 1 aromatic heterocycles. The second-order valence-corrected chi connectivity index (χ2v) is 4.66. The lowest BCUT2D eigenvalue weighted by atomic mass is 10.2. The van der Waals surface area contributed by atoms with Crippen molar-refractivity contribution in [3.63, 3.8) is 0 Å². The van der Waals surface area contributed by atoms with Gasteiger partial charge in [0.05, 0.1) is 6.10 Å². The first-order valence-corrected chi connectivity index (χ1v) is 6.27. The highest BCUT2D eigenvalue weighted by atomic mass is 16.5. The number of para-hydroxylation sites is 1. The minimum Gasteiger partial charge on any atom is -0.376 e. The Kier molecular flexibility index (Phi) is 2.87. The molecule has 0 aliphatic carbocycles. The van der Waals surface area contributed by atoms with Gasteiger partial charge in [0.15, 0.2) is 0 Å². The summed E-state index contributed by atoms with van der Waals surface area (Å²) in [5, 5.41) is 1.27. The van der Waals surface area contributed by atoms with Crippen LogP contribution in [0.2, 0.25) is 0 Å². The Labute approximate surface area is 101 Å². The van der Waals surface area contributed by atoms with Crippen LogP contribution in [0.15, 0.2) is 30.5 Å². The van der Waals surface area contributed by atoms with Gasteiger partial charge in [-0.15, -0.1) is 0 Å². The second kappa shape index (κ2) is 4.51. The Balaban J connectivity index is 1.97. The van der Waals surface area contributed by atoms with Crippen molar-refractivity contribution >= 4 is 10.9 Å². The van der Waals surface area contributed by atoms with E-state index >= 15 is 0 Å². The minimum absolute atomic E-state index is 0.372. The predicted octanol–water partition coefficient (Wildman–Crippen LogP) is 2.28. The largest absolute Gasteiger partial charge is 0.376 e. The number of benzene rings is 1. The maximum atomic E-state index is 5.79. The smallest absolute Gasteiger partial charge is 0.0754 e. The van der Waals surface area contributed by atoms with Gasteiger partial charge >= 0.3 is 0 Å². The summed E-state index contributed by atoms with van der Waals surface area (Å²) in [4.78, 5) is 0. The number of fused-ring (bicyclic) bond motifs is 1. The molecule has 1 saturated heterocycles. The molecular formula is C14H18N2O. The van der Waals surface area contributed by atoms with Crippen LogP contribution in [0, 0.1) is 0 Å². The molecule has 0 spiro atoms. The molecule has 0 amide bonds. The van der Waals surface area contributed by atoms with E-state index in [0.29, 0.717) is 12.6 Å². The molecule has 2 aromatic rings. The van der Waals surface area contributed by atoms with Crippen LogP contribution in [0.25, 0.3) is 10.9 Å². The van der Waals surface area contributed by atoms with E-state index in [9.17, 15) is 0 Å². The summed E-state index contributed by atoms with van der Waals surface area (Å²) >= 11 is 0. The van der Waals surface area contributed by atoms with Gasteiger partial charge in [-0.1, -0.05) is 18.2 Å². The maximum Gasteiger partial charge on any atom is 0.0754 e. The Hall–Kier alpha value is -1.32. The van der Waals surface area contributed by atoms with Crippen molar-refractivity contribution < 1.29 is 4.74 Å². The zero-order valence-electron chi connectivity index (χ0n) is 9.93. The third kappa shape index (κ3) is 1.96. The summed E-state index contributed by atoms with van der Waals surface area (Å²) < 4.78 is 7.98. The van der Waals surface area contributed by atoms with Crippen LogP contribution in [-0.2, 0) is 17.8 Å². The molecule has 1 atom stereocenters. The van der Waals surface area contributed by atoms with Crippen LogP contribution < -0.4 is 5.73 Å². The Morgan fingerprint density at radius 2 is 2.24 bits per heavy atom. The number of nitrogens with two attached hydrogens (primary N) is 1. The molecule has 3 nitrogen and oxygen atoms in total. The van der Waals surface area contributed by atoms with Gasteiger partial charge in [0.2, 0.25) is 0 Å². The Bertz CT molecular complexity index is 512. The fraction of sp³-hybridized carbons (Fsp3) is 0.429. The molecule has 0 saturated carbocycles. The van der Waals surface area contributed by atoms with Crippen LogP contribution >= 0.6 is 0 Å². The lowest BCUT2D eigenvalue weighted by Crippen LogP contribution is -2.14. The van der Waals surface area contributed by atoms with Crippen LogP contribution in [0.3, 0.4) is 0 Å². The van der Waals surface area contributed by atoms with E-state index in [-0.39, 0.29) is 0 Å². The second-order valence-electron chi connectivity index (χ2n) is 4.66. The van der Waals surface area contributed by atoms with Gasteiger partial charge in [0, 0.05) is 36.8 Å². The van der Waals surface area contributed by atoms with Crippen molar-refractivity contribution in [2.24, 2.45) is 5.73 Å². The molecule has 2 N–H and O–H groups in total. The summed E-state index contributed by atoms with van der Waals surface area (Å²) in [5.41, 5.74) is 8.28. The average Bonchev–Trinajstić information content (AvgIpc) is 2.98. The highest BCUT2D eigenvalue weighted by molar-refractivity contribution is 5.83. The van der Waals surface area contributed by atoms with Gasteiger partial charge in [-0.2, -0.15) is 0 Å². The topological polar surface area (TPSA) is 40.2 Å². The predicted molar refractivity (Wildman–Crippen MR) is 68.8 cm³/mol. The van der Waals surface area contributed by atoms with Gasteiger partial charge in [0.25, 0.3) is 0 Å². The summed E-state index contributed by atoms with van der Waals surface area (Å²) in [6.45, 7) is 2.45. The minimum atomic E-state index is 0.372. The molecule has 1 aliphatic rings. The third-order valence-corrected chi connectivity index (χ3v) is 3.52. The first-order chi connectivity index (χ1) is 8.38. The van der Waals surface area contributed by atoms with Crippen LogP contribution in [0.1, 0.15) is 18.4 Å². The van der Waals surface area contributed by atoms with Gasteiger partial charge in [-0.25, -0.2) is 0 Å². The van der Waals surface area contributed by atoms with Gasteiger partial charge in [0.1, 0.15) is 0 Å². The number of rotatable bonds is 3. The van der Waals surface area contributed by atoms with Gasteiger partial charge < -0.3 is 15.0 Å². The summed E-state index contributed by atoms with van der Waals surface area (Å²) in [6, 6.07) is 8.44. The molecule has 90 valence electrons. The van der Waals surface area contributed by atoms with E-state index in [1.54, 1.807) is 0 Å². The molecule has 2 heterocycles. The maximum absolute atomic E-state index is 5.79. The lowest BCUT2D eigenvalue weighted by molar-refractivity contribution is 0.0980. The quantitative estimate of drug-likeness (QED) is 0.878. The number of ether oxygens (including phenoxy) is 1. The fourth-order valence-corrected chi connectivity index (χ4v) is 2.64. The molecule has 3 rings (SSSR count). The number of nitrogens with zero attached hydrogens (tertiary/aromatic N) is 1. The number of hydrogen-bond donors (Lipinski definition) is 1. The highest BCUT2D eigenvalue weighted by Gasteiger charge is 2.17. The summed E-state index contributed by atoms with van der Waals surface area (Å²) in [7, 11) is 0. The molecule has 1 aromatic carbocycles. The molecule has 1 unspecified atom stereocenters. The zero-order chi connectivity index (χ0) is 11.7. The number of hydrogen-bond acceptors (Lipinski definition) is 2. The first kappa shape index (κ1) is 10.8. The number of aromatic nitrogens is 1. The van der Waals surface area contributed by atoms with Crippen molar-refractivity contribution in [3.05, 3.63) is 36.0 Å². The van der Waals surface area contributed by atoms with Crippen LogP contribution in [-0.4, -0.2) is 17.3 Å². The molecule has 1 fully saturated rings. The van der Waals surface area contributed by atoms with Crippen LogP contribution in [0.4, 0.5) is 0 Å². The van der Waals surface area contributed by atoms with E-state index in [2.05, 4.69) is 35.0 Å². The molecule has 17 heavy (non-hydrogen) atoms. The van der Waals surface area contributed by atoms with Crippen LogP contribution in [0.5, 0.6) is 0 Å². The lowest BCUT2D eigenvalue weighted by Gasteiger charge is -2.11. The van der Waals surface area contributed by atoms with E-state index in [0.717, 1.165) is 13.2 Å². The Morgan fingerprint density at radius 1 is 1.35 bits per heavy atom. The third-order valence-electron chi connectivity index (χ3n) is 3.52. The Morgan fingerprint density at radius 3 is 3.00 bits per heavy atom. The van der Waals surface area contributed by atoms with Crippen molar-refractivity contribution in [3.8, 4) is 0 Å². The van der Waals surface area contributed by atoms with Crippen molar-refractivity contribution in [2.75, 3.05) is 6.61 Å². The van der Waals surface area contributed by atoms with Crippen molar-refractivity contribution in [2.45, 2.75) is 32.0 Å². The normalized spacial score (nSPS) is 20.2. The standard InChI is InChI=1S/C14H18N2O/c15-8-11-9-16(10-12-4-3-7-17-12)14-6-2-1-5-13(11)14/h1-2,5-6,9,12H,3-4,7-8,10,15H2. The van der Waals surface area contributed by atoms with E-state index in [4.69, 9.17) is 10.5 Å². The van der Waals surface area contributed by atoms with E-state index in [1.807, 2.05) is 0 Å². The molecule has 0 bridgehead atoms. The average molecular weight is 230 g/mol. The summed E-state index contributed by atoms with van der Waals surface area (Å²) in [5.74, 6) is 0. The van der Waals surface area contributed by atoms with E-state index < -0.39 is 0 Å². The molecular weight excluding hydrogens is 212 g/mol. The monoisotopic (exact) mass is 230 g/mol. The molecule has 1 aliphatic heterocycles.